The van der Waals surface area contributed by atoms with E-state index < -0.39 is 10.3 Å². The second kappa shape index (κ2) is 9.59. The minimum atomic E-state index is -4.05. The highest BCUT2D eigenvalue weighted by Gasteiger charge is 2.36. The first-order chi connectivity index (χ1) is 16.6. The Morgan fingerprint density at radius 1 is 1.11 bits per heavy atom. The molecule has 1 aliphatic carbocycles. The molecule has 1 aliphatic rings. The van der Waals surface area contributed by atoms with Crippen molar-refractivity contribution in [3.05, 3.63) is 53.2 Å². The van der Waals surface area contributed by atoms with Crippen LogP contribution in [0.15, 0.2) is 36.5 Å². The maximum atomic E-state index is 13.1. The zero-order chi connectivity index (χ0) is 25.3. The lowest BCUT2D eigenvalue weighted by atomic mass is 9.97. The van der Waals surface area contributed by atoms with Crippen LogP contribution in [0.3, 0.4) is 0 Å². The van der Waals surface area contributed by atoms with E-state index in [9.17, 15) is 8.42 Å². The van der Waals surface area contributed by atoms with Gasteiger partial charge in [0.1, 0.15) is 11.6 Å². The molecule has 1 heterocycles. The summed E-state index contributed by atoms with van der Waals surface area (Å²) in [4.78, 5) is 8.03. The van der Waals surface area contributed by atoms with Gasteiger partial charge in [-0.2, -0.15) is 17.7 Å². The van der Waals surface area contributed by atoms with Gasteiger partial charge < -0.3 is 26.1 Å². The summed E-state index contributed by atoms with van der Waals surface area (Å²) in [5, 5.41) is 0. The summed E-state index contributed by atoms with van der Waals surface area (Å²) < 4.78 is 39.2. The average molecular weight is 499 g/mol. The van der Waals surface area contributed by atoms with Gasteiger partial charge in [0, 0.05) is 37.0 Å². The molecular weight excluding hydrogens is 468 g/mol. The Hall–Kier alpha value is -3.57. The first-order valence-corrected chi connectivity index (χ1v) is 12.7. The highest BCUT2D eigenvalue weighted by Crippen LogP contribution is 2.42. The van der Waals surface area contributed by atoms with Crippen molar-refractivity contribution >= 4 is 27.8 Å². The molecule has 0 bridgehead atoms. The summed E-state index contributed by atoms with van der Waals surface area (Å²) in [6.45, 7) is 4.11. The summed E-state index contributed by atoms with van der Waals surface area (Å²) >= 11 is 0. The Bertz CT molecular complexity index is 1360. The van der Waals surface area contributed by atoms with Gasteiger partial charge in [-0.1, -0.05) is 6.07 Å². The number of nitrogens with zero attached hydrogens (tertiary/aromatic N) is 3. The van der Waals surface area contributed by atoms with Gasteiger partial charge in [-0.3, -0.25) is 0 Å². The van der Waals surface area contributed by atoms with Gasteiger partial charge >= 0.3 is 10.3 Å². The van der Waals surface area contributed by atoms with Crippen LogP contribution < -0.4 is 26.1 Å². The van der Waals surface area contributed by atoms with Crippen LogP contribution in [0.4, 0.5) is 17.5 Å². The quantitative estimate of drug-likeness (QED) is 0.377. The Morgan fingerprint density at radius 3 is 2.46 bits per heavy atom. The Morgan fingerprint density at radius 2 is 1.83 bits per heavy atom. The third-order valence-electron chi connectivity index (χ3n) is 5.90. The largest absolute Gasteiger partial charge is 0.493 e. The molecule has 2 aromatic carbocycles. The SMILES string of the molecule is CCOc1cc(Cc2cnc(N)nc2N)cc(OS(=O)(=O)N(C)C2CC2)c1-c1ccc(N)c(C)c1. The predicted octanol–water partition coefficient (Wildman–Crippen LogP) is 2.91. The topological polar surface area (TPSA) is 160 Å². The fourth-order valence-corrected chi connectivity index (χ4v) is 4.83. The molecule has 0 radical (unpaired) electrons. The summed E-state index contributed by atoms with van der Waals surface area (Å²) in [5.41, 5.74) is 21.7. The van der Waals surface area contributed by atoms with Crippen LogP contribution in [-0.4, -0.2) is 42.4 Å². The van der Waals surface area contributed by atoms with Crippen molar-refractivity contribution in [1.82, 2.24) is 14.3 Å². The molecule has 3 aromatic rings. The van der Waals surface area contributed by atoms with E-state index in [2.05, 4.69) is 9.97 Å². The number of hydrogen-bond donors (Lipinski definition) is 3. The van der Waals surface area contributed by atoms with Gasteiger partial charge in [-0.25, -0.2) is 4.98 Å². The summed E-state index contributed by atoms with van der Waals surface area (Å²) in [6.07, 6.45) is 3.49. The molecule has 35 heavy (non-hydrogen) atoms. The first kappa shape index (κ1) is 24.6. The second-order valence-electron chi connectivity index (χ2n) is 8.58. The maximum absolute atomic E-state index is 13.1. The van der Waals surface area contributed by atoms with Crippen molar-refractivity contribution < 1.29 is 17.3 Å². The normalized spacial score (nSPS) is 13.7. The molecule has 0 unspecified atom stereocenters. The molecule has 6 N–H and O–H groups in total. The van der Waals surface area contributed by atoms with E-state index in [4.69, 9.17) is 26.1 Å². The third-order valence-corrected chi connectivity index (χ3v) is 7.30. The molecule has 0 amide bonds. The summed E-state index contributed by atoms with van der Waals surface area (Å²) in [5.74, 6) is 0.951. The molecule has 1 fully saturated rings. The highest BCUT2D eigenvalue weighted by molar-refractivity contribution is 7.84. The molecule has 10 nitrogen and oxygen atoms in total. The molecule has 11 heteroatoms. The lowest BCUT2D eigenvalue weighted by Crippen LogP contribution is -2.32. The Balaban J connectivity index is 1.86. The lowest BCUT2D eigenvalue weighted by Gasteiger charge is -2.21. The van der Waals surface area contributed by atoms with E-state index in [1.807, 2.05) is 32.0 Å². The van der Waals surface area contributed by atoms with Crippen molar-refractivity contribution in [3.8, 4) is 22.6 Å². The van der Waals surface area contributed by atoms with Crippen LogP contribution in [0, 0.1) is 6.92 Å². The number of nitrogens with two attached hydrogens (primary N) is 3. The predicted molar refractivity (Wildman–Crippen MR) is 136 cm³/mol. The zero-order valence-corrected chi connectivity index (χ0v) is 20.8. The molecule has 0 saturated heterocycles. The number of aryl methyl sites for hydroxylation is 1. The van der Waals surface area contributed by atoms with E-state index in [0.29, 0.717) is 41.2 Å². The fourth-order valence-electron chi connectivity index (χ4n) is 3.78. The summed E-state index contributed by atoms with van der Waals surface area (Å²) in [6, 6.07) is 8.93. The molecule has 186 valence electrons. The minimum absolute atomic E-state index is 0.0523. The van der Waals surface area contributed by atoms with Crippen LogP contribution in [-0.2, 0) is 16.7 Å². The van der Waals surface area contributed by atoms with Gasteiger partial charge in [0.2, 0.25) is 5.95 Å². The molecule has 0 atom stereocenters. The number of aromatic nitrogens is 2. The first-order valence-electron chi connectivity index (χ1n) is 11.3. The highest BCUT2D eigenvalue weighted by atomic mass is 32.2. The minimum Gasteiger partial charge on any atom is -0.493 e. The van der Waals surface area contributed by atoms with E-state index >= 15 is 0 Å². The van der Waals surface area contributed by atoms with Crippen molar-refractivity contribution in [2.24, 2.45) is 0 Å². The Labute approximate surface area is 205 Å². The van der Waals surface area contributed by atoms with Gasteiger partial charge in [0.05, 0.1) is 12.2 Å². The van der Waals surface area contributed by atoms with Gasteiger partial charge in [0.25, 0.3) is 0 Å². The molecule has 0 spiro atoms. The van der Waals surface area contributed by atoms with Crippen LogP contribution in [0.2, 0.25) is 0 Å². The number of hydrogen-bond acceptors (Lipinski definition) is 9. The zero-order valence-electron chi connectivity index (χ0n) is 20.0. The summed E-state index contributed by atoms with van der Waals surface area (Å²) in [7, 11) is -2.52. The van der Waals surface area contributed by atoms with Crippen molar-refractivity contribution in [2.75, 3.05) is 30.9 Å². The number of benzene rings is 2. The smallest absolute Gasteiger partial charge is 0.385 e. The van der Waals surface area contributed by atoms with Gasteiger partial charge in [-0.15, -0.1) is 0 Å². The van der Waals surface area contributed by atoms with Crippen molar-refractivity contribution in [3.63, 3.8) is 0 Å². The van der Waals surface area contributed by atoms with Crippen LogP contribution in [0.1, 0.15) is 36.5 Å². The number of ether oxygens (including phenoxy) is 1. The third kappa shape index (κ3) is 5.41. The molecule has 0 aliphatic heterocycles. The number of nitrogen functional groups attached to an aromatic ring is 3. The average Bonchev–Trinajstić information content (AvgIpc) is 3.63. The Kier molecular flexibility index (Phi) is 6.73. The molecule has 4 rings (SSSR count). The second-order valence-corrected chi connectivity index (χ2v) is 10.2. The standard InChI is InChI=1S/C24H30N6O4S/c1-4-33-20-11-15(10-17-13-28-24(27)29-23(17)26)12-21(34-35(31,32)30(3)18-6-7-18)22(20)16-5-8-19(25)14(2)9-16/h5,8-9,11-13,18H,4,6-7,10,25H2,1-3H3,(H4,26,27,28,29). The van der Waals surface area contributed by atoms with Crippen molar-refractivity contribution in [1.29, 1.82) is 0 Å². The lowest BCUT2D eigenvalue weighted by molar-refractivity contribution is 0.339. The number of rotatable bonds is 9. The van der Waals surface area contributed by atoms with Crippen LogP contribution in [0.5, 0.6) is 11.5 Å². The van der Waals surface area contributed by atoms with Crippen molar-refractivity contribution in [2.45, 2.75) is 39.2 Å². The number of anilines is 3. The molecule has 1 aromatic heterocycles. The molecular formula is C24H30N6O4S. The molecule has 1 saturated carbocycles. The van der Waals surface area contributed by atoms with E-state index in [0.717, 1.165) is 24.0 Å². The van der Waals surface area contributed by atoms with E-state index in [1.54, 1.807) is 18.3 Å². The van der Waals surface area contributed by atoms with Crippen LogP contribution in [0.25, 0.3) is 11.1 Å². The van der Waals surface area contributed by atoms with Gasteiger partial charge in [0.15, 0.2) is 5.75 Å². The van der Waals surface area contributed by atoms with Gasteiger partial charge in [-0.05, 0) is 67.6 Å². The fraction of sp³-hybridized carbons (Fsp3) is 0.333. The maximum Gasteiger partial charge on any atom is 0.385 e. The van der Waals surface area contributed by atoms with E-state index in [1.165, 1.54) is 11.4 Å². The monoisotopic (exact) mass is 498 g/mol. The van der Waals surface area contributed by atoms with Crippen LogP contribution >= 0.6 is 0 Å². The van der Waals surface area contributed by atoms with E-state index in [-0.39, 0.29) is 23.6 Å².